The Morgan fingerprint density at radius 3 is 2.84 bits per heavy atom. The number of hydrogen-bond acceptors (Lipinski definition) is 4. The largest absolute Gasteiger partial charge is 0.340 e. The molecule has 19 heavy (non-hydrogen) atoms. The van der Waals surface area contributed by atoms with Gasteiger partial charge in [0.1, 0.15) is 11.8 Å². The van der Waals surface area contributed by atoms with Gasteiger partial charge >= 0.3 is 0 Å². The van der Waals surface area contributed by atoms with Gasteiger partial charge < -0.3 is 10.2 Å². The maximum absolute atomic E-state index is 12.2. The lowest BCUT2D eigenvalue weighted by Gasteiger charge is -2.27. The van der Waals surface area contributed by atoms with Gasteiger partial charge in [-0.1, -0.05) is 0 Å². The Balaban J connectivity index is 1.95. The normalized spacial score (nSPS) is 15.8. The molecule has 2 rings (SSSR count). The van der Waals surface area contributed by atoms with Crippen molar-refractivity contribution in [2.45, 2.75) is 12.8 Å². The predicted octanol–water partition coefficient (Wildman–Crippen LogP) is 1.02. The summed E-state index contributed by atoms with van der Waals surface area (Å²) in [4.78, 5) is 17.9. The first-order valence-electron chi connectivity index (χ1n) is 6.53. The van der Waals surface area contributed by atoms with E-state index >= 15 is 0 Å². The minimum Gasteiger partial charge on any atom is -0.340 e. The van der Waals surface area contributed by atoms with Gasteiger partial charge in [0, 0.05) is 19.8 Å². The number of nitrogens with one attached hydrogen (secondary N) is 1. The number of piperidine rings is 1. The summed E-state index contributed by atoms with van der Waals surface area (Å²) in [6.07, 6.45) is 3.66. The van der Waals surface area contributed by atoms with E-state index in [0.29, 0.717) is 17.2 Å². The van der Waals surface area contributed by atoms with Gasteiger partial charge in [-0.05, 0) is 44.0 Å². The van der Waals surface area contributed by atoms with E-state index < -0.39 is 0 Å². The highest BCUT2D eigenvalue weighted by Gasteiger charge is 2.19. The molecule has 0 aromatic carbocycles. The Hall–Kier alpha value is -1.93. The van der Waals surface area contributed by atoms with Crippen molar-refractivity contribution in [3.05, 3.63) is 29.6 Å². The molecule has 5 heteroatoms. The first-order chi connectivity index (χ1) is 9.20. The standard InChI is InChI=1S/C14H18N4O/c1-18(10-11-4-6-16-7-5-11)14(19)13-3-2-12(8-15)9-17-13/h2-3,9,11,16H,4-7,10H2,1H3. The van der Waals surface area contributed by atoms with Crippen LogP contribution in [0.2, 0.25) is 0 Å². The number of carbonyl (C=O) groups excluding carboxylic acids is 1. The molecular formula is C14H18N4O. The SMILES string of the molecule is CN(CC1CCNCC1)C(=O)c1ccc(C#N)cn1. The first-order valence-corrected chi connectivity index (χ1v) is 6.53. The number of amides is 1. The molecular weight excluding hydrogens is 240 g/mol. The van der Waals surface area contributed by atoms with Crippen LogP contribution >= 0.6 is 0 Å². The molecule has 0 atom stereocenters. The number of aromatic nitrogens is 1. The first kappa shape index (κ1) is 13.5. The topological polar surface area (TPSA) is 69.0 Å². The highest BCUT2D eigenvalue weighted by atomic mass is 16.2. The second-order valence-corrected chi connectivity index (χ2v) is 4.92. The zero-order chi connectivity index (χ0) is 13.7. The molecule has 0 unspecified atom stereocenters. The van der Waals surface area contributed by atoms with Crippen LogP contribution in [0.3, 0.4) is 0 Å². The van der Waals surface area contributed by atoms with Crippen LogP contribution in [0.1, 0.15) is 28.9 Å². The van der Waals surface area contributed by atoms with Crippen LogP contribution in [0.15, 0.2) is 18.3 Å². The van der Waals surface area contributed by atoms with Gasteiger partial charge in [0.25, 0.3) is 5.91 Å². The fourth-order valence-corrected chi connectivity index (χ4v) is 2.32. The van der Waals surface area contributed by atoms with Crippen molar-refractivity contribution in [2.24, 2.45) is 5.92 Å². The molecule has 1 aromatic heterocycles. The molecule has 1 fully saturated rings. The molecule has 0 saturated carbocycles. The second-order valence-electron chi connectivity index (χ2n) is 4.92. The van der Waals surface area contributed by atoms with Crippen molar-refractivity contribution in [1.82, 2.24) is 15.2 Å². The number of pyridine rings is 1. The Morgan fingerprint density at radius 2 is 2.26 bits per heavy atom. The number of carbonyl (C=O) groups is 1. The van der Waals surface area contributed by atoms with Crippen molar-refractivity contribution >= 4 is 5.91 Å². The molecule has 2 heterocycles. The van der Waals surface area contributed by atoms with E-state index in [1.165, 1.54) is 6.20 Å². The molecule has 1 amide bonds. The van der Waals surface area contributed by atoms with Crippen LogP contribution in [-0.4, -0.2) is 42.5 Å². The maximum atomic E-state index is 12.2. The van der Waals surface area contributed by atoms with E-state index in [0.717, 1.165) is 32.5 Å². The zero-order valence-electron chi connectivity index (χ0n) is 11.1. The summed E-state index contributed by atoms with van der Waals surface area (Å²) >= 11 is 0. The summed E-state index contributed by atoms with van der Waals surface area (Å²) in [5.41, 5.74) is 0.869. The third-order valence-corrected chi connectivity index (χ3v) is 3.45. The maximum Gasteiger partial charge on any atom is 0.272 e. The summed E-state index contributed by atoms with van der Waals surface area (Å²) < 4.78 is 0. The Bertz CT molecular complexity index is 471. The highest BCUT2D eigenvalue weighted by Crippen LogP contribution is 2.14. The van der Waals surface area contributed by atoms with Crippen molar-refractivity contribution in [2.75, 3.05) is 26.7 Å². The summed E-state index contributed by atoms with van der Waals surface area (Å²) in [6.45, 7) is 2.83. The van der Waals surface area contributed by atoms with E-state index in [4.69, 9.17) is 5.26 Å². The molecule has 1 aromatic rings. The van der Waals surface area contributed by atoms with Gasteiger partial charge in [0.2, 0.25) is 0 Å². The average molecular weight is 258 g/mol. The van der Waals surface area contributed by atoms with Gasteiger partial charge in [-0.25, -0.2) is 4.98 Å². The Kier molecular flexibility index (Phi) is 4.48. The third-order valence-electron chi connectivity index (χ3n) is 3.45. The predicted molar refractivity (Wildman–Crippen MR) is 71.5 cm³/mol. The number of rotatable bonds is 3. The van der Waals surface area contributed by atoms with Gasteiger partial charge in [0.15, 0.2) is 0 Å². The second kappa shape index (κ2) is 6.30. The molecule has 1 N–H and O–H groups in total. The van der Waals surface area contributed by atoms with Crippen LogP contribution < -0.4 is 5.32 Å². The zero-order valence-corrected chi connectivity index (χ0v) is 11.1. The van der Waals surface area contributed by atoms with E-state index in [1.807, 2.05) is 13.1 Å². The molecule has 5 nitrogen and oxygen atoms in total. The Labute approximate surface area is 113 Å². The molecule has 0 spiro atoms. The fourth-order valence-electron chi connectivity index (χ4n) is 2.32. The van der Waals surface area contributed by atoms with E-state index in [1.54, 1.807) is 17.0 Å². The van der Waals surface area contributed by atoms with Gasteiger partial charge in [-0.15, -0.1) is 0 Å². The quantitative estimate of drug-likeness (QED) is 0.879. The van der Waals surface area contributed by atoms with E-state index in [9.17, 15) is 4.79 Å². The molecule has 1 aliphatic rings. The number of nitrogens with zero attached hydrogens (tertiary/aromatic N) is 3. The van der Waals surface area contributed by atoms with Crippen LogP contribution in [0.5, 0.6) is 0 Å². The number of hydrogen-bond donors (Lipinski definition) is 1. The van der Waals surface area contributed by atoms with Crippen LogP contribution in [0.25, 0.3) is 0 Å². The monoisotopic (exact) mass is 258 g/mol. The minimum absolute atomic E-state index is 0.0805. The third kappa shape index (κ3) is 3.52. The number of nitriles is 1. The van der Waals surface area contributed by atoms with E-state index in [-0.39, 0.29) is 5.91 Å². The van der Waals surface area contributed by atoms with Gasteiger partial charge in [0.05, 0.1) is 5.56 Å². The van der Waals surface area contributed by atoms with Crippen LogP contribution in [0, 0.1) is 17.2 Å². The van der Waals surface area contributed by atoms with Crippen molar-refractivity contribution < 1.29 is 4.79 Å². The van der Waals surface area contributed by atoms with Crippen molar-refractivity contribution in [3.63, 3.8) is 0 Å². The fraction of sp³-hybridized carbons (Fsp3) is 0.500. The minimum atomic E-state index is -0.0805. The smallest absolute Gasteiger partial charge is 0.272 e. The lowest BCUT2D eigenvalue weighted by atomic mass is 9.97. The average Bonchev–Trinajstić information content (AvgIpc) is 2.47. The lowest BCUT2D eigenvalue weighted by molar-refractivity contribution is 0.0757. The summed E-state index contributed by atoms with van der Waals surface area (Å²) in [5, 5.41) is 12.0. The molecule has 0 radical (unpaired) electrons. The molecule has 1 aliphatic heterocycles. The van der Waals surface area contributed by atoms with Crippen molar-refractivity contribution in [3.8, 4) is 6.07 Å². The highest BCUT2D eigenvalue weighted by molar-refractivity contribution is 5.92. The lowest BCUT2D eigenvalue weighted by Crippen LogP contribution is -2.37. The molecule has 0 bridgehead atoms. The van der Waals surface area contributed by atoms with Crippen molar-refractivity contribution in [1.29, 1.82) is 5.26 Å². The van der Waals surface area contributed by atoms with Crippen LogP contribution in [0.4, 0.5) is 0 Å². The van der Waals surface area contributed by atoms with Crippen LogP contribution in [-0.2, 0) is 0 Å². The Morgan fingerprint density at radius 1 is 1.53 bits per heavy atom. The molecule has 1 saturated heterocycles. The molecule has 100 valence electrons. The summed E-state index contributed by atoms with van der Waals surface area (Å²) in [6, 6.07) is 5.23. The van der Waals surface area contributed by atoms with Gasteiger partial charge in [-0.2, -0.15) is 5.26 Å². The summed E-state index contributed by atoms with van der Waals surface area (Å²) in [7, 11) is 1.81. The summed E-state index contributed by atoms with van der Waals surface area (Å²) in [5.74, 6) is 0.483. The molecule has 0 aliphatic carbocycles. The van der Waals surface area contributed by atoms with E-state index in [2.05, 4.69) is 10.3 Å². The van der Waals surface area contributed by atoms with Gasteiger partial charge in [-0.3, -0.25) is 4.79 Å².